The van der Waals surface area contributed by atoms with Gasteiger partial charge in [-0.3, -0.25) is 4.79 Å². The summed E-state index contributed by atoms with van der Waals surface area (Å²) in [4.78, 5) is 12.6. The zero-order chi connectivity index (χ0) is 26.4. The molecule has 0 amide bonds. The molecule has 1 aliphatic carbocycles. The van der Waals surface area contributed by atoms with Crippen LogP contribution in [0.5, 0.6) is 5.75 Å². The summed E-state index contributed by atoms with van der Waals surface area (Å²) in [6.07, 6.45) is 12.6. The van der Waals surface area contributed by atoms with Crippen LogP contribution in [0.3, 0.4) is 0 Å². The Labute approximate surface area is 220 Å². The summed E-state index contributed by atoms with van der Waals surface area (Å²) in [6.45, 7) is 17.5. The normalized spacial score (nSPS) is 18.0. The summed E-state index contributed by atoms with van der Waals surface area (Å²) in [7, 11) is 0. The molecular formula is C34H48O2. The molecular weight excluding hydrogens is 440 g/mol. The summed E-state index contributed by atoms with van der Waals surface area (Å²) >= 11 is 0. The van der Waals surface area contributed by atoms with Gasteiger partial charge >= 0.3 is 0 Å². The fraction of sp³-hybridized carbons (Fsp3) is 0.500. The highest BCUT2D eigenvalue weighted by molar-refractivity contribution is 5.79. The minimum absolute atomic E-state index is 0.0942. The lowest BCUT2D eigenvalue weighted by Crippen LogP contribution is -2.19. The molecule has 1 aliphatic rings. The van der Waals surface area contributed by atoms with Gasteiger partial charge in [-0.1, -0.05) is 95.0 Å². The standard InChI is InChI=1S/C32H44O2.C2H4/c1-5-7-8-12-21-32(3,4)27-19-20-29(30-23-28(33)18-13-17-26(30)14-6-2)31(22-27)34-24-25-15-10-9-11-16-25;1-2/h6,9-11,15-16,19-20,22,26,30H,2,5,7-8,12-14,17-18,21,23-24H2,1,3-4H3;1-2H2. The van der Waals surface area contributed by atoms with Crippen LogP contribution in [0.25, 0.3) is 0 Å². The minimum atomic E-state index is 0.0942. The summed E-state index contributed by atoms with van der Waals surface area (Å²) in [6, 6.07) is 17.2. The molecule has 2 aromatic rings. The van der Waals surface area contributed by atoms with Gasteiger partial charge in [0.05, 0.1) is 0 Å². The molecule has 2 atom stereocenters. The molecule has 0 spiro atoms. The Balaban J connectivity index is 0.00000222. The number of ketones is 1. The Hall–Kier alpha value is -2.61. The molecule has 0 aliphatic heterocycles. The van der Waals surface area contributed by atoms with Crippen LogP contribution in [0, 0.1) is 5.92 Å². The van der Waals surface area contributed by atoms with Crippen molar-refractivity contribution in [3.05, 3.63) is 91.0 Å². The lowest BCUT2D eigenvalue weighted by molar-refractivity contribution is -0.119. The number of carbonyl (C=O) groups is 1. The number of unbranched alkanes of at least 4 members (excludes halogenated alkanes) is 3. The highest BCUT2D eigenvalue weighted by Crippen LogP contribution is 2.43. The van der Waals surface area contributed by atoms with Crippen LogP contribution in [0.4, 0.5) is 0 Å². The second-order valence-corrected chi connectivity index (χ2v) is 10.7. The molecule has 1 saturated carbocycles. The highest BCUT2D eigenvalue weighted by Gasteiger charge is 2.31. The molecule has 0 heterocycles. The van der Waals surface area contributed by atoms with E-state index >= 15 is 0 Å². The Morgan fingerprint density at radius 3 is 2.50 bits per heavy atom. The van der Waals surface area contributed by atoms with E-state index in [-0.39, 0.29) is 11.3 Å². The number of rotatable bonds is 12. The fourth-order valence-electron chi connectivity index (χ4n) is 5.40. The second kappa shape index (κ2) is 15.5. The quantitative estimate of drug-likeness (QED) is 0.169. The third kappa shape index (κ3) is 8.80. The molecule has 2 unspecified atom stereocenters. The highest BCUT2D eigenvalue weighted by atomic mass is 16.5. The van der Waals surface area contributed by atoms with E-state index in [1.54, 1.807) is 0 Å². The average Bonchev–Trinajstić information content (AvgIpc) is 3.08. The van der Waals surface area contributed by atoms with Crippen LogP contribution in [0.15, 0.2) is 74.3 Å². The number of benzene rings is 2. The van der Waals surface area contributed by atoms with Gasteiger partial charge in [0.25, 0.3) is 0 Å². The Morgan fingerprint density at radius 1 is 1.06 bits per heavy atom. The van der Waals surface area contributed by atoms with Crippen molar-refractivity contribution in [2.45, 2.75) is 103 Å². The molecule has 2 heteroatoms. The topological polar surface area (TPSA) is 26.3 Å². The molecule has 0 N–H and O–H groups in total. The molecule has 2 nitrogen and oxygen atoms in total. The van der Waals surface area contributed by atoms with E-state index < -0.39 is 0 Å². The van der Waals surface area contributed by atoms with Crippen molar-refractivity contribution in [3.8, 4) is 5.75 Å². The number of Topliss-reactive ketones (excluding diaryl/α,β-unsaturated/α-hetero) is 1. The van der Waals surface area contributed by atoms with Crippen molar-refractivity contribution in [1.82, 2.24) is 0 Å². The van der Waals surface area contributed by atoms with Gasteiger partial charge in [-0.2, -0.15) is 0 Å². The smallest absolute Gasteiger partial charge is 0.133 e. The van der Waals surface area contributed by atoms with Crippen LogP contribution < -0.4 is 4.74 Å². The number of carbonyl (C=O) groups excluding carboxylic acids is 1. The third-order valence-electron chi connectivity index (χ3n) is 7.60. The van der Waals surface area contributed by atoms with Gasteiger partial charge < -0.3 is 4.74 Å². The van der Waals surface area contributed by atoms with Gasteiger partial charge in [-0.15, -0.1) is 19.7 Å². The van der Waals surface area contributed by atoms with E-state index in [0.29, 0.717) is 31.1 Å². The molecule has 0 radical (unpaired) electrons. The van der Waals surface area contributed by atoms with Crippen molar-refractivity contribution in [2.75, 3.05) is 0 Å². The maximum atomic E-state index is 12.6. The van der Waals surface area contributed by atoms with Crippen molar-refractivity contribution in [2.24, 2.45) is 5.92 Å². The number of hydrogen-bond donors (Lipinski definition) is 0. The van der Waals surface area contributed by atoms with E-state index in [9.17, 15) is 4.79 Å². The first-order valence-electron chi connectivity index (χ1n) is 13.9. The molecule has 0 bridgehead atoms. The maximum Gasteiger partial charge on any atom is 0.133 e. The molecule has 0 saturated heterocycles. The van der Waals surface area contributed by atoms with E-state index in [0.717, 1.165) is 30.6 Å². The van der Waals surface area contributed by atoms with Gasteiger partial charge in [0.2, 0.25) is 0 Å². The van der Waals surface area contributed by atoms with Crippen LogP contribution in [0.2, 0.25) is 0 Å². The minimum Gasteiger partial charge on any atom is -0.489 e. The van der Waals surface area contributed by atoms with Crippen LogP contribution in [-0.4, -0.2) is 5.78 Å². The molecule has 36 heavy (non-hydrogen) atoms. The van der Waals surface area contributed by atoms with Gasteiger partial charge in [0.1, 0.15) is 18.1 Å². The van der Waals surface area contributed by atoms with Crippen LogP contribution in [-0.2, 0) is 16.8 Å². The summed E-state index contributed by atoms with van der Waals surface area (Å²) in [5.41, 5.74) is 3.79. The summed E-state index contributed by atoms with van der Waals surface area (Å²) < 4.78 is 6.52. The van der Waals surface area contributed by atoms with E-state index in [1.165, 1.54) is 43.2 Å². The van der Waals surface area contributed by atoms with Gasteiger partial charge in [0, 0.05) is 12.8 Å². The third-order valence-corrected chi connectivity index (χ3v) is 7.60. The van der Waals surface area contributed by atoms with Crippen molar-refractivity contribution < 1.29 is 9.53 Å². The Bertz CT molecular complexity index is 927. The zero-order valence-corrected chi connectivity index (χ0v) is 23.1. The lowest BCUT2D eigenvalue weighted by Gasteiger charge is -2.30. The van der Waals surface area contributed by atoms with E-state index in [4.69, 9.17) is 4.74 Å². The van der Waals surface area contributed by atoms with Crippen molar-refractivity contribution >= 4 is 5.78 Å². The molecule has 196 valence electrons. The predicted octanol–water partition coefficient (Wildman–Crippen LogP) is 9.73. The van der Waals surface area contributed by atoms with Crippen LogP contribution >= 0.6 is 0 Å². The van der Waals surface area contributed by atoms with Crippen molar-refractivity contribution in [3.63, 3.8) is 0 Å². The van der Waals surface area contributed by atoms with Crippen LogP contribution in [0.1, 0.15) is 108 Å². The average molecular weight is 489 g/mol. The molecule has 1 fully saturated rings. The van der Waals surface area contributed by atoms with E-state index in [2.05, 4.69) is 83.0 Å². The number of allylic oxidation sites excluding steroid dienone is 1. The molecule has 3 rings (SSSR count). The van der Waals surface area contributed by atoms with Gasteiger partial charge in [0.15, 0.2) is 0 Å². The molecule has 0 aromatic heterocycles. The van der Waals surface area contributed by atoms with E-state index in [1.807, 2.05) is 12.1 Å². The first-order chi connectivity index (χ1) is 17.4. The first-order valence-corrected chi connectivity index (χ1v) is 13.9. The fourth-order valence-corrected chi connectivity index (χ4v) is 5.40. The summed E-state index contributed by atoms with van der Waals surface area (Å²) in [5, 5.41) is 0. The van der Waals surface area contributed by atoms with Gasteiger partial charge in [-0.05, 0) is 65.7 Å². The zero-order valence-electron chi connectivity index (χ0n) is 23.1. The first kappa shape index (κ1) is 29.6. The molecule has 2 aromatic carbocycles. The largest absolute Gasteiger partial charge is 0.489 e. The monoisotopic (exact) mass is 488 g/mol. The number of hydrogen-bond acceptors (Lipinski definition) is 2. The number of ether oxygens (including phenoxy) is 1. The van der Waals surface area contributed by atoms with Crippen molar-refractivity contribution in [1.29, 1.82) is 0 Å². The predicted molar refractivity (Wildman–Crippen MR) is 155 cm³/mol. The van der Waals surface area contributed by atoms with Gasteiger partial charge in [-0.25, -0.2) is 0 Å². The lowest BCUT2D eigenvalue weighted by atomic mass is 9.76. The SMILES string of the molecule is C=C.C=CCC1CCCC(=O)CC1c1ccc(C(C)(C)CCCCCC)cc1OCc1ccccc1. The summed E-state index contributed by atoms with van der Waals surface area (Å²) in [5.74, 6) is 1.97. The maximum absolute atomic E-state index is 12.6. The Morgan fingerprint density at radius 2 is 1.81 bits per heavy atom. The Kier molecular flexibility index (Phi) is 12.7. The second-order valence-electron chi connectivity index (χ2n) is 10.7.